The summed E-state index contributed by atoms with van der Waals surface area (Å²) in [6.45, 7) is 5.28. The molecule has 3 fully saturated rings. The van der Waals surface area contributed by atoms with Gasteiger partial charge in [0.05, 0.1) is 11.1 Å². The van der Waals surface area contributed by atoms with E-state index < -0.39 is 35.2 Å². The van der Waals surface area contributed by atoms with Gasteiger partial charge in [0, 0.05) is 57.0 Å². The number of nitrogens with zero attached hydrogens (tertiary/aromatic N) is 3. The molecule has 0 radical (unpaired) electrons. The average molecular weight is 664 g/mol. The molecule has 2 saturated heterocycles. The van der Waals surface area contributed by atoms with E-state index in [1.807, 2.05) is 0 Å². The molecular formula is C32H37ClF7N3O2. The Morgan fingerprint density at radius 1 is 0.867 bits per heavy atom. The molecule has 248 valence electrons. The Morgan fingerprint density at radius 2 is 1.47 bits per heavy atom. The van der Waals surface area contributed by atoms with Crippen molar-refractivity contribution in [2.45, 2.75) is 82.9 Å². The first-order valence-electron chi connectivity index (χ1n) is 15.0. The largest absolute Gasteiger partial charge is 0.416 e. The van der Waals surface area contributed by atoms with Crippen LogP contribution in [0.3, 0.4) is 0 Å². The summed E-state index contributed by atoms with van der Waals surface area (Å²) in [4.78, 5) is 31.6. The molecule has 1 aliphatic carbocycles. The third-order valence-electron chi connectivity index (χ3n) is 9.29. The summed E-state index contributed by atoms with van der Waals surface area (Å²) in [5.41, 5.74) is -1.57. The molecular weight excluding hydrogens is 627 g/mol. The second-order valence-electron chi connectivity index (χ2n) is 12.3. The number of hydrogen-bond donors (Lipinski definition) is 0. The van der Waals surface area contributed by atoms with Gasteiger partial charge in [-0.05, 0) is 92.6 Å². The van der Waals surface area contributed by atoms with Crippen LogP contribution in [0.2, 0.25) is 0 Å². The maximum absolute atomic E-state index is 14.3. The molecule has 0 spiro atoms. The van der Waals surface area contributed by atoms with Gasteiger partial charge >= 0.3 is 12.4 Å². The van der Waals surface area contributed by atoms with Gasteiger partial charge in [-0.25, -0.2) is 4.39 Å². The van der Waals surface area contributed by atoms with Gasteiger partial charge in [-0.2, -0.15) is 26.3 Å². The molecule has 0 aromatic heterocycles. The molecule has 2 atom stereocenters. The summed E-state index contributed by atoms with van der Waals surface area (Å²) in [7, 11) is 0. The molecule has 2 aromatic carbocycles. The molecule has 0 bridgehead atoms. The van der Waals surface area contributed by atoms with Crippen molar-refractivity contribution in [3.05, 3.63) is 70.0 Å². The van der Waals surface area contributed by atoms with Gasteiger partial charge in [-0.3, -0.25) is 14.5 Å². The Bertz CT molecular complexity index is 1360. The quantitative estimate of drug-likeness (QED) is 0.307. The Morgan fingerprint density at radius 3 is 1.98 bits per heavy atom. The van der Waals surface area contributed by atoms with E-state index in [0.29, 0.717) is 63.1 Å². The highest BCUT2D eigenvalue weighted by atomic mass is 35.5. The number of alkyl halides is 6. The van der Waals surface area contributed by atoms with Crippen LogP contribution in [0.5, 0.6) is 0 Å². The Kier molecular flexibility index (Phi) is 10.5. The van der Waals surface area contributed by atoms with Gasteiger partial charge < -0.3 is 9.80 Å². The Labute approximate surface area is 264 Å². The molecule has 5 nitrogen and oxygen atoms in total. The molecule has 13 heteroatoms. The number of aryl methyl sites for hydroxylation is 1. The van der Waals surface area contributed by atoms with E-state index in [2.05, 4.69) is 4.90 Å². The highest BCUT2D eigenvalue weighted by Crippen LogP contribution is 2.41. The van der Waals surface area contributed by atoms with Crippen LogP contribution in [0.4, 0.5) is 30.7 Å². The zero-order valence-electron chi connectivity index (χ0n) is 25.1. The zero-order chi connectivity index (χ0) is 32.0. The third kappa shape index (κ3) is 8.11. The number of rotatable bonds is 6. The molecule has 1 saturated carbocycles. The molecule has 3 aliphatic rings. The Balaban J connectivity index is 0.00000461. The van der Waals surface area contributed by atoms with E-state index in [4.69, 9.17) is 0 Å². The monoisotopic (exact) mass is 663 g/mol. The van der Waals surface area contributed by atoms with Crippen LogP contribution in [-0.2, 0) is 28.5 Å². The lowest BCUT2D eigenvalue weighted by molar-refractivity contribution is -0.143. The van der Waals surface area contributed by atoms with Gasteiger partial charge in [0.15, 0.2) is 0 Å². The molecule has 0 unspecified atom stereocenters. The Hall–Kier alpha value is -2.86. The van der Waals surface area contributed by atoms with Gasteiger partial charge in [0.1, 0.15) is 5.82 Å². The summed E-state index contributed by atoms with van der Waals surface area (Å²) >= 11 is 0. The SMILES string of the molecule is CC(=O)N1CCC(N2CC[C@@H](C(=O)N(Cc3cc(C(F)(F)F)cc(C(F)(F)F)c3)C3CC3)[C@H](c3ccc(F)cc3C)C2)CC1.Cl. The maximum atomic E-state index is 14.3. The highest BCUT2D eigenvalue weighted by molar-refractivity contribution is 5.85. The van der Waals surface area contributed by atoms with Gasteiger partial charge in [-0.1, -0.05) is 6.07 Å². The van der Waals surface area contributed by atoms with E-state index in [1.54, 1.807) is 24.8 Å². The first-order chi connectivity index (χ1) is 20.6. The summed E-state index contributed by atoms with van der Waals surface area (Å²) in [5.74, 6) is -1.63. The topological polar surface area (TPSA) is 43.9 Å². The van der Waals surface area contributed by atoms with Crippen LogP contribution in [0.25, 0.3) is 0 Å². The van der Waals surface area contributed by atoms with Crippen LogP contribution in [0.1, 0.15) is 72.8 Å². The number of hydrogen-bond acceptors (Lipinski definition) is 3. The fraction of sp³-hybridized carbons (Fsp3) is 0.562. The summed E-state index contributed by atoms with van der Waals surface area (Å²) in [5, 5.41) is 0. The predicted octanol–water partition coefficient (Wildman–Crippen LogP) is 7.20. The minimum absolute atomic E-state index is 0. The smallest absolute Gasteiger partial charge is 0.343 e. The lowest BCUT2D eigenvalue weighted by Gasteiger charge is -2.45. The van der Waals surface area contributed by atoms with Crippen molar-refractivity contribution < 1.29 is 40.3 Å². The maximum Gasteiger partial charge on any atom is 0.416 e. The highest BCUT2D eigenvalue weighted by Gasteiger charge is 2.44. The fourth-order valence-corrected chi connectivity index (χ4v) is 6.81. The van der Waals surface area contributed by atoms with E-state index in [1.165, 1.54) is 17.0 Å². The zero-order valence-corrected chi connectivity index (χ0v) is 25.9. The van der Waals surface area contributed by atoms with Crippen molar-refractivity contribution in [1.29, 1.82) is 0 Å². The normalized spacial score (nSPS) is 21.8. The number of carbonyl (C=O) groups excluding carboxylic acids is 2. The number of carbonyl (C=O) groups is 2. The number of benzene rings is 2. The first kappa shape index (κ1) is 35.0. The van der Waals surface area contributed by atoms with Crippen molar-refractivity contribution in [3.63, 3.8) is 0 Å². The van der Waals surface area contributed by atoms with E-state index in [9.17, 15) is 40.3 Å². The third-order valence-corrected chi connectivity index (χ3v) is 9.29. The standard InChI is InChI=1S/C32H36F7N3O2.ClH/c1-19-13-24(33)3-6-27(19)29-18-41(25-7-10-40(11-8-25)20(2)43)12-9-28(29)30(44)42(26-4-5-26)17-21-14-22(31(34,35)36)16-23(15-21)32(37,38)39;/h3,6,13-16,25-26,28-29H,4-5,7-12,17-18H2,1-2H3;1H/t28-,29+;/m1./s1. The molecule has 2 aromatic rings. The lowest BCUT2D eigenvalue weighted by atomic mass is 9.77. The van der Waals surface area contributed by atoms with Gasteiger partial charge in [-0.15, -0.1) is 12.4 Å². The van der Waals surface area contributed by atoms with E-state index >= 15 is 0 Å². The first-order valence-corrected chi connectivity index (χ1v) is 15.0. The van der Waals surface area contributed by atoms with E-state index in [0.717, 1.165) is 18.4 Å². The van der Waals surface area contributed by atoms with Crippen molar-refractivity contribution in [2.24, 2.45) is 5.92 Å². The summed E-state index contributed by atoms with van der Waals surface area (Å²) in [6.07, 6.45) is -6.74. The minimum Gasteiger partial charge on any atom is -0.343 e. The van der Waals surface area contributed by atoms with Crippen molar-refractivity contribution in [3.8, 4) is 0 Å². The number of halogens is 8. The van der Waals surface area contributed by atoms with Crippen LogP contribution in [0, 0.1) is 18.7 Å². The number of piperidine rings is 2. The predicted molar refractivity (Wildman–Crippen MR) is 156 cm³/mol. The van der Waals surface area contributed by atoms with Crippen molar-refractivity contribution in [1.82, 2.24) is 14.7 Å². The van der Waals surface area contributed by atoms with Crippen LogP contribution in [-0.4, -0.2) is 64.8 Å². The van der Waals surface area contributed by atoms with Crippen molar-refractivity contribution >= 4 is 24.2 Å². The molecule has 2 heterocycles. The molecule has 2 amide bonds. The summed E-state index contributed by atoms with van der Waals surface area (Å²) in [6, 6.07) is 5.81. The summed E-state index contributed by atoms with van der Waals surface area (Å²) < 4.78 is 95.4. The molecule has 2 aliphatic heterocycles. The minimum atomic E-state index is -4.98. The second kappa shape index (κ2) is 13.5. The number of likely N-dealkylation sites (tertiary alicyclic amines) is 2. The van der Waals surface area contributed by atoms with Crippen molar-refractivity contribution in [2.75, 3.05) is 26.2 Å². The average Bonchev–Trinajstić information content (AvgIpc) is 3.80. The van der Waals surface area contributed by atoms with Gasteiger partial charge in [0.2, 0.25) is 11.8 Å². The van der Waals surface area contributed by atoms with Crippen LogP contribution >= 0.6 is 12.4 Å². The molecule has 0 N–H and O–H groups in total. The number of amides is 2. The second-order valence-corrected chi connectivity index (χ2v) is 12.3. The van der Waals surface area contributed by atoms with Crippen LogP contribution in [0.15, 0.2) is 36.4 Å². The fourth-order valence-electron chi connectivity index (χ4n) is 6.81. The molecule has 5 rings (SSSR count). The lowest BCUT2D eigenvalue weighted by Crippen LogP contribution is -2.53. The van der Waals surface area contributed by atoms with E-state index in [-0.39, 0.29) is 60.4 Å². The van der Waals surface area contributed by atoms with Gasteiger partial charge in [0.25, 0.3) is 0 Å². The van der Waals surface area contributed by atoms with Crippen LogP contribution < -0.4 is 0 Å². The molecule has 45 heavy (non-hydrogen) atoms.